The second-order valence-corrected chi connectivity index (χ2v) is 6.14. The van der Waals surface area contributed by atoms with Gasteiger partial charge < -0.3 is 25.5 Å². The molecule has 0 saturated heterocycles. The standard InChI is InChI=1S/C16H25N5O5/c22-11-4-3-5-12(10-11)26-16(25)19-8-2-1-7-18-15(24)21-14-17-9-6-13(23)20-14/h6,9,11-12,22H,1-5,7-8,10H2,(H,19,25)(H3,17,18,20,21,23,24). The number of ether oxygens (including phenoxy) is 1. The molecule has 1 aliphatic rings. The minimum absolute atomic E-state index is 0.0762. The number of alkyl carbamates (subject to hydrolysis) is 1. The predicted molar refractivity (Wildman–Crippen MR) is 93.9 cm³/mol. The molecule has 1 aliphatic carbocycles. The summed E-state index contributed by atoms with van der Waals surface area (Å²) in [6.07, 6.45) is 4.54. The fraction of sp³-hybridized carbons (Fsp3) is 0.625. The van der Waals surface area contributed by atoms with Crippen LogP contribution >= 0.6 is 0 Å². The van der Waals surface area contributed by atoms with E-state index in [1.54, 1.807) is 0 Å². The van der Waals surface area contributed by atoms with Crippen molar-refractivity contribution in [2.45, 2.75) is 50.7 Å². The molecule has 1 aromatic rings. The number of hydrogen-bond acceptors (Lipinski definition) is 6. The molecule has 0 aliphatic heterocycles. The SMILES string of the molecule is O=C(NCCCCNC(=O)OC1CCCC(O)C1)Nc1nc(=O)cc[nH]1. The molecule has 3 amide bonds. The summed E-state index contributed by atoms with van der Waals surface area (Å²) < 4.78 is 5.26. The largest absolute Gasteiger partial charge is 0.446 e. The lowest BCUT2D eigenvalue weighted by Gasteiger charge is -2.25. The second kappa shape index (κ2) is 10.4. The Morgan fingerprint density at radius 2 is 2.04 bits per heavy atom. The van der Waals surface area contributed by atoms with E-state index >= 15 is 0 Å². The molecule has 0 aromatic carbocycles. The normalized spacial score (nSPS) is 19.4. The first-order valence-electron chi connectivity index (χ1n) is 8.76. The number of nitrogens with zero attached hydrogens (tertiary/aromatic N) is 1. The summed E-state index contributed by atoms with van der Waals surface area (Å²) in [6, 6.07) is 0.778. The van der Waals surface area contributed by atoms with Gasteiger partial charge in [0.25, 0.3) is 5.56 Å². The molecule has 2 unspecified atom stereocenters. The number of aliphatic hydroxyl groups excluding tert-OH is 1. The number of aromatic amines is 1. The average molecular weight is 367 g/mol. The molecule has 2 atom stereocenters. The summed E-state index contributed by atoms with van der Waals surface area (Å²) in [4.78, 5) is 40.5. The summed E-state index contributed by atoms with van der Waals surface area (Å²) in [5.74, 6) is 0.0762. The molecule has 1 aromatic heterocycles. The highest BCUT2D eigenvalue weighted by Gasteiger charge is 2.23. The van der Waals surface area contributed by atoms with E-state index in [0.717, 1.165) is 19.3 Å². The van der Waals surface area contributed by atoms with Crippen LogP contribution in [-0.4, -0.2) is 52.5 Å². The van der Waals surface area contributed by atoms with Crippen molar-refractivity contribution in [2.24, 2.45) is 0 Å². The third-order valence-corrected chi connectivity index (χ3v) is 3.93. The number of urea groups is 1. The molecule has 5 N–H and O–H groups in total. The quantitative estimate of drug-likeness (QED) is 0.449. The number of aliphatic hydroxyl groups is 1. The van der Waals surface area contributed by atoms with Gasteiger partial charge in [-0.2, -0.15) is 4.98 Å². The summed E-state index contributed by atoms with van der Waals surface area (Å²) in [5, 5.41) is 17.2. The molecular formula is C16H25N5O5. The lowest BCUT2D eigenvalue weighted by molar-refractivity contribution is 0.0230. The summed E-state index contributed by atoms with van der Waals surface area (Å²) in [7, 11) is 0. The van der Waals surface area contributed by atoms with Crippen LogP contribution in [0.4, 0.5) is 15.5 Å². The molecule has 1 heterocycles. The smallest absolute Gasteiger partial charge is 0.407 e. The maximum absolute atomic E-state index is 11.7. The molecule has 10 nitrogen and oxygen atoms in total. The second-order valence-electron chi connectivity index (χ2n) is 6.14. The van der Waals surface area contributed by atoms with E-state index < -0.39 is 17.7 Å². The molecule has 1 fully saturated rings. The number of hydrogen-bond donors (Lipinski definition) is 5. The van der Waals surface area contributed by atoms with Crippen LogP contribution in [0.2, 0.25) is 0 Å². The van der Waals surface area contributed by atoms with Crippen LogP contribution in [0.5, 0.6) is 0 Å². The Balaban J connectivity index is 1.50. The number of nitrogens with one attached hydrogen (secondary N) is 4. The van der Waals surface area contributed by atoms with Gasteiger partial charge in [-0.1, -0.05) is 0 Å². The summed E-state index contributed by atoms with van der Waals surface area (Å²) >= 11 is 0. The average Bonchev–Trinajstić information content (AvgIpc) is 2.58. The first-order chi connectivity index (χ1) is 12.5. The lowest BCUT2D eigenvalue weighted by atomic mass is 9.95. The minimum Gasteiger partial charge on any atom is -0.446 e. The maximum Gasteiger partial charge on any atom is 0.407 e. The molecule has 0 spiro atoms. The first kappa shape index (κ1) is 19.7. The fourth-order valence-electron chi connectivity index (χ4n) is 2.65. The van der Waals surface area contributed by atoms with Crippen molar-refractivity contribution in [3.05, 3.63) is 22.6 Å². The van der Waals surface area contributed by atoms with Gasteiger partial charge in [0.05, 0.1) is 6.10 Å². The monoisotopic (exact) mass is 367 g/mol. The number of anilines is 1. The van der Waals surface area contributed by atoms with Crippen LogP contribution in [0.3, 0.4) is 0 Å². The zero-order valence-electron chi connectivity index (χ0n) is 14.5. The van der Waals surface area contributed by atoms with E-state index in [1.165, 1.54) is 12.3 Å². The minimum atomic E-state index is -0.478. The van der Waals surface area contributed by atoms with Crippen molar-refractivity contribution in [1.29, 1.82) is 0 Å². The van der Waals surface area contributed by atoms with Crippen molar-refractivity contribution in [1.82, 2.24) is 20.6 Å². The van der Waals surface area contributed by atoms with Gasteiger partial charge in [0, 0.05) is 31.8 Å². The van der Waals surface area contributed by atoms with E-state index in [4.69, 9.17) is 4.74 Å². The Kier molecular flexibility index (Phi) is 7.87. The highest BCUT2D eigenvalue weighted by atomic mass is 16.6. The Morgan fingerprint density at radius 3 is 2.77 bits per heavy atom. The molecule has 2 rings (SSSR count). The van der Waals surface area contributed by atoms with Crippen LogP contribution in [0, 0.1) is 0 Å². The number of carbonyl (C=O) groups excluding carboxylic acids is 2. The van der Waals surface area contributed by atoms with Gasteiger partial charge in [-0.05, 0) is 32.1 Å². The molecule has 1 saturated carbocycles. The highest BCUT2D eigenvalue weighted by molar-refractivity contribution is 5.87. The van der Waals surface area contributed by atoms with E-state index in [-0.39, 0.29) is 18.2 Å². The van der Waals surface area contributed by atoms with E-state index in [9.17, 15) is 19.5 Å². The van der Waals surface area contributed by atoms with Crippen molar-refractivity contribution >= 4 is 18.1 Å². The predicted octanol–water partition coefficient (Wildman–Crippen LogP) is 0.701. The van der Waals surface area contributed by atoms with Gasteiger partial charge >= 0.3 is 12.1 Å². The lowest BCUT2D eigenvalue weighted by Crippen LogP contribution is -2.34. The van der Waals surface area contributed by atoms with Crippen LogP contribution in [0.1, 0.15) is 38.5 Å². The first-order valence-corrected chi connectivity index (χ1v) is 8.76. The Hall–Kier alpha value is -2.62. The van der Waals surface area contributed by atoms with Crippen molar-refractivity contribution in [3.63, 3.8) is 0 Å². The number of H-pyrrole nitrogens is 1. The Bertz CT molecular complexity index is 650. The molecule has 26 heavy (non-hydrogen) atoms. The van der Waals surface area contributed by atoms with Crippen LogP contribution in [-0.2, 0) is 4.74 Å². The Labute approximate surface area is 150 Å². The van der Waals surface area contributed by atoms with Crippen LogP contribution in [0.25, 0.3) is 0 Å². The topological polar surface area (TPSA) is 145 Å². The van der Waals surface area contributed by atoms with Gasteiger partial charge in [-0.3, -0.25) is 10.1 Å². The number of rotatable bonds is 7. The van der Waals surface area contributed by atoms with Crippen LogP contribution < -0.4 is 21.5 Å². The molecule has 144 valence electrons. The number of carbonyl (C=O) groups is 2. The van der Waals surface area contributed by atoms with Crippen LogP contribution in [0.15, 0.2) is 17.1 Å². The van der Waals surface area contributed by atoms with Gasteiger partial charge in [-0.15, -0.1) is 0 Å². The molecule has 0 bridgehead atoms. The molecule has 0 radical (unpaired) electrons. The van der Waals surface area contributed by atoms with Gasteiger partial charge in [0.15, 0.2) is 0 Å². The third-order valence-electron chi connectivity index (χ3n) is 3.93. The van der Waals surface area contributed by atoms with Crippen molar-refractivity contribution in [2.75, 3.05) is 18.4 Å². The van der Waals surface area contributed by atoms with E-state index in [2.05, 4.69) is 25.9 Å². The van der Waals surface area contributed by atoms with E-state index in [0.29, 0.717) is 32.4 Å². The fourth-order valence-corrected chi connectivity index (χ4v) is 2.65. The zero-order valence-corrected chi connectivity index (χ0v) is 14.5. The molecule has 10 heteroatoms. The van der Waals surface area contributed by atoms with Crippen molar-refractivity contribution < 1.29 is 19.4 Å². The summed E-state index contributed by atoms with van der Waals surface area (Å²) in [6.45, 7) is 0.847. The maximum atomic E-state index is 11.7. The zero-order chi connectivity index (χ0) is 18.8. The van der Waals surface area contributed by atoms with Gasteiger partial charge in [0.2, 0.25) is 5.95 Å². The molecular weight excluding hydrogens is 342 g/mol. The number of unbranched alkanes of at least 4 members (excludes halogenated alkanes) is 1. The Morgan fingerprint density at radius 1 is 1.27 bits per heavy atom. The third kappa shape index (κ3) is 7.51. The highest BCUT2D eigenvalue weighted by Crippen LogP contribution is 2.20. The van der Waals surface area contributed by atoms with Gasteiger partial charge in [0.1, 0.15) is 6.10 Å². The summed E-state index contributed by atoms with van der Waals surface area (Å²) in [5.41, 5.74) is -0.445. The van der Waals surface area contributed by atoms with Crippen molar-refractivity contribution in [3.8, 4) is 0 Å². The van der Waals surface area contributed by atoms with E-state index in [1.807, 2.05) is 0 Å². The number of amides is 3. The van der Waals surface area contributed by atoms with Gasteiger partial charge in [-0.25, -0.2) is 9.59 Å². The number of aromatic nitrogens is 2.